The molecule has 1 amide bonds. The second kappa shape index (κ2) is 4.75. The van der Waals surface area contributed by atoms with Crippen molar-refractivity contribution in [2.24, 2.45) is 0 Å². The molecule has 4 nitrogen and oxygen atoms in total. The zero-order chi connectivity index (χ0) is 15.1. The van der Waals surface area contributed by atoms with Gasteiger partial charge in [0.2, 0.25) is 5.91 Å². The normalized spacial score (nSPS) is 19.7. The van der Waals surface area contributed by atoms with Gasteiger partial charge in [-0.3, -0.25) is 4.79 Å². The SMILES string of the molecule is O=C(NC1(C(F)(F)F)CCC1)C1=CNc2ncccc2C1. The molecule has 0 bridgehead atoms. The molecule has 112 valence electrons. The summed E-state index contributed by atoms with van der Waals surface area (Å²) in [5.74, 6) is -0.0442. The summed E-state index contributed by atoms with van der Waals surface area (Å²) in [7, 11) is 0. The smallest absolute Gasteiger partial charge is 0.346 e. The van der Waals surface area contributed by atoms with Gasteiger partial charge in [0.15, 0.2) is 0 Å². The van der Waals surface area contributed by atoms with Gasteiger partial charge in [-0.05, 0) is 30.9 Å². The Balaban J connectivity index is 1.74. The first-order valence-electron chi connectivity index (χ1n) is 6.70. The Morgan fingerprint density at radius 3 is 2.76 bits per heavy atom. The molecule has 3 rings (SSSR count). The third-order valence-corrected chi connectivity index (χ3v) is 4.05. The van der Waals surface area contributed by atoms with Crippen LogP contribution in [0.2, 0.25) is 0 Å². The highest BCUT2D eigenvalue weighted by atomic mass is 19.4. The second-order valence-corrected chi connectivity index (χ2v) is 5.39. The van der Waals surface area contributed by atoms with Crippen molar-refractivity contribution in [1.29, 1.82) is 0 Å². The zero-order valence-electron chi connectivity index (χ0n) is 11.1. The summed E-state index contributed by atoms with van der Waals surface area (Å²) in [5, 5.41) is 5.02. The summed E-state index contributed by atoms with van der Waals surface area (Å²) in [6.45, 7) is 0. The Morgan fingerprint density at radius 2 is 2.14 bits per heavy atom. The number of carbonyl (C=O) groups excluding carboxylic acids is 1. The molecule has 0 radical (unpaired) electrons. The summed E-state index contributed by atoms with van der Waals surface area (Å²) in [6.07, 6.45) is -0.740. The standard InChI is InChI=1S/C14H14F3N3O/c15-14(16,17)13(4-2-5-13)20-12(21)10-7-9-3-1-6-18-11(9)19-8-10/h1,3,6,8H,2,4-5,7H2,(H,18,19)(H,20,21). The molecule has 1 aliphatic heterocycles. The molecule has 2 aliphatic rings. The van der Waals surface area contributed by atoms with Gasteiger partial charge in [0.05, 0.1) is 0 Å². The first-order valence-corrected chi connectivity index (χ1v) is 6.70. The van der Waals surface area contributed by atoms with E-state index in [-0.39, 0.29) is 24.8 Å². The van der Waals surface area contributed by atoms with Crippen LogP contribution in [0.15, 0.2) is 30.1 Å². The minimum absolute atomic E-state index is 0.0545. The lowest BCUT2D eigenvalue weighted by molar-refractivity contribution is -0.218. The van der Waals surface area contributed by atoms with Crippen molar-refractivity contribution >= 4 is 11.7 Å². The number of hydrogen-bond donors (Lipinski definition) is 2. The van der Waals surface area contributed by atoms with Gasteiger partial charge in [0.25, 0.3) is 0 Å². The van der Waals surface area contributed by atoms with Crippen LogP contribution in [-0.2, 0) is 11.2 Å². The predicted molar refractivity (Wildman–Crippen MR) is 70.4 cm³/mol. The zero-order valence-corrected chi connectivity index (χ0v) is 11.1. The van der Waals surface area contributed by atoms with Crippen molar-refractivity contribution in [2.75, 3.05) is 5.32 Å². The molecule has 1 saturated carbocycles. The molecule has 1 aromatic heterocycles. The number of alkyl halides is 3. The Labute approximate surface area is 119 Å². The van der Waals surface area contributed by atoms with Gasteiger partial charge in [-0.25, -0.2) is 4.98 Å². The van der Waals surface area contributed by atoms with Crippen molar-refractivity contribution in [2.45, 2.75) is 37.4 Å². The molecule has 2 heterocycles. The van der Waals surface area contributed by atoms with Gasteiger partial charge in [-0.2, -0.15) is 13.2 Å². The maximum atomic E-state index is 13.1. The molecule has 1 aliphatic carbocycles. The van der Waals surface area contributed by atoms with Crippen LogP contribution < -0.4 is 10.6 Å². The van der Waals surface area contributed by atoms with Crippen molar-refractivity contribution in [1.82, 2.24) is 10.3 Å². The number of anilines is 1. The van der Waals surface area contributed by atoms with E-state index in [4.69, 9.17) is 0 Å². The minimum Gasteiger partial charge on any atom is -0.346 e. The molecule has 0 saturated heterocycles. The average Bonchev–Trinajstić information content (AvgIpc) is 2.40. The molecule has 2 N–H and O–H groups in total. The monoisotopic (exact) mass is 297 g/mol. The Kier molecular flexibility index (Phi) is 3.15. The van der Waals surface area contributed by atoms with Crippen LogP contribution >= 0.6 is 0 Å². The number of pyridine rings is 1. The van der Waals surface area contributed by atoms with E-state index in [1.165, 1.54) is 6.20 Å². The highest BCUT2D eigenvalue weighted by molar-refractivity contribution is 5.95. The van der Waals surface area contributed by atoms with Gasteiger partial charge in [0.1, 0.15) is 11.4 Å². The number of nitrogens with zero attached hydrogens (tertiary/aromatic N) is 1. The van der Waals surface area contributed by atoms with Crippen LogP contribution in [-0.4, -0.2) is 22.6 Å². The molecule has 0 aromatic carbocycles. The van der Waals surface area contributed by atoms with E-state index in [1.54, 1.807) is 18.3 Å². The summed E-state index contributed by atoms with van der Waals surface area (Å²) in [5.41, 5.74) is -0.981. The second-order valence-electron chi connectivity index (χ2n) is 5.39. The van der Waals surface area contributed by atoms with Gasteiger partial charge >= 0.3 is 6.18 Å². The Morgan fingerprint density at radius 1 is 1.38 bits per heavy atom. The quantitative estimate of drug-likeness (QED) is 0.882. The van der Waals surface area contributed by atoms with Crippen LogP contribution in [0.3, 0.4) is 0 Å². The largest absolute Gasteiger partial charge is 0.411 e. The third-order valence-electron chi connectivity index (χ3n) is 4.05. The highest BCUT2D eigenvalue weighted by Crippen LogP contribution is 2.45. The van der Waals surface area contributed by atoms with E-state index < -0.39 is 17.6 Å². The van der Waals surface area contributed by atoms with E-state index in [0.717, 1.165) is 5.56 Å². The molecule has 0 atom stereocenters. The fourth-order valence-corrected chi connectivity index (χ4v) is 2.58. The fraction of sp³-hybridized carbons (Fsp3) is 0.429. The number of aromatic nitrogens is 1. The number of rotatable bonds is 2. The molecular weight excluding hydrogens is 283 g/mol. The predicted octanol–water partition coefficient (Wildman–Crippen LogP) is 2.53. The van der Waals surface area contributed by atoms with E-state index in [9.17, 15) is 18.0 Å². The number of hydrogen-bond acceptors (Lipinski definition) is 3. The average molecular weight is 297 g/mol. The third kappa shape index (κ3) is 2.36. The lowest BCUT2D eigenvalue weighted by Crippen LogP contribution is -2.63. The van der Waals surface area contributed by atoms with E-state index >= 15 is 0 Å². The topological polar surface area (TPSA) is 54.0 Å². The number of nitrogens with one attached hydrogen (secondary N) is 2. The maximum Gasteiger partial charge on any atom is 0.411 e. The van der Waals surface area contributed by atoms with Crippen molar-refractivity contribution in [3.63, 3.8) is 0 Å². The van der Waals surface area contributed by atoms with Crippen LogP contribution in [0.1, 0.15) is 24.8 Å². The molecule has 21 heavy (non-hydrogen) atoms. The Bertz CT molecular complexity index is 606. The van der Waals surface area contributed by atoms with Crippen molar-refractivity contribution in [3.8, 4) is 0 Å². The minimum atomic E-state index is -4.41. The van der Waals surface area contributed by atoms with Gasteiger partial charge in [-0.1, -0.05) is 6.07 Å². The van der Waals surface area contributed by atoms with E-state index in [1.807, 2.05) is 0 Å². The highest BCUT2D eigenvalue weighted by Gasteiger charge is 2.59. The van der Waals surface area contributed by atoms with Crippen LogP contribution in [0.4, 0.5) is 19.0 Å². The summed E-state index contributed by atoms with van der Waals surface area (Å²) in [4.78, 5) is 16.2. The number of amides is 1. The summed E-state index contributed by atoms with van der Waals surface area (Å²) >= 11 is 0. The lowest BCUT2D eigenvalue weighted by Gasteiger charge is -2.43. The van der Waals surface area contributed by atoms with E-state index in [0.29, 0.717) is 12.2 Å². The lowest BCUT2D eigenvalue weighted by atomic mass is 9.76. The molecule has 0 spiro atoms. The van der Waals surface area contributed by atoms with Gasteiger partial charge in [-0.15, -0.1) is 0 Å². The van der Waals surface area contributed by atoms with Gasteiger partial charge < -0.3 is 10.6 Å². The molecule has 1 aromatic rings. The first kappa shape index (κ1) is 13.9. The molecular formula is C14H14F3N3O. The fourth-order valence-electron chi connectivity index (χ4n) is 2.58. The summed E-state index contributed by atoms with van der Waals surface area (Å²) in [6, 6.07) is 3.52. The Hall–Kier alpha value is -2.05. The first-order chi connectivity index (χ1) is 9.91. The van der Waals surface area contributed by atoms with Crippen LogP contribution in [0, 0.1) is 0 Å². The maximum absolute atomic E-state index is 13.1. The van der Waals surface area contributed by atoms with E-state index in [2.05, 4.69) is 15.6 Å². The van der Waals surface area contributed by atoms with Gasteiger partial charge in [0, 0.05) is 24.4 Å². The summed E-state index contributed by atoms with van der Waals surface area (Å²) < 4.78 is 39.2. The van der Waals surface area contributed by atoms with Crippen molar-refractivity contribution in [3.05, 3.63) is 35.7 Å². The van der Waals surface area contributed by atoms with Crippen LogP contribution in [0.5, 0.6) is 0 Å². The van der Waals surface area contributed by atoms with Crippen molar-refractivity contribution < 1.29 is 18.0 Å². The molecule has 7 heteroatoms. The number of fused-ring (bicyclic) bond motifs is 1. The molecule has 0 unspecified atom stereocenters. The number of halogens is 3. The van der Waals surface area contributed by atoms with Crippen LogP contribution in [0.25, 0.3) is 0 Å². The molecule has 1 fully saturated rings. The number of carbonyl (C=O) groups is 1.